The van der Waals surface area contributed by atoms with Gasteiger partial charge in [-0.15, -0.1) is 0 Å². The second-order valence-electron chi connectivity index (χ2n) is 7.57. The van der Waals surface area contributed by atoms with Crippen molar-refractivity contribution in [3.63, 3.8) is 0 Å². The van der Waals surface area contributed by atoms with Crippen molar-refractivity contribution >= 4 is 18.1 Å². The van der Waals surface area contributed by atoms with Crippen LogP contribution in [0.15, 0.2) is 24.3 Å². The molecule has 2 heterocycles. The highest BCUT2D eigenvalue weighted by atomic mass is 32.1. The molecule has 7 nitrogen and oxygen atoms in total. The molecule has 3 rings (SSSR count). The van der Waals surface area contributed by atoms with E-state index in [4.69, 9.17) is 17.0 Å². The van der Waals surface area contributed by atoms with Gasteiger partial charge in [-0.3, -0.25) is 14.5 Å². The number of hydrogen-bond acceptors (Lipinski definition) is 5. The van der Waals surface area contributed by atoms with Gasteiger partial charge in [-0.2, -0.15) is 5.10 Å². The van der Waals surface area contributed by atoms with E-state index in [9.17, 15) is 4.79 Å². The van der Waals surface area contributed by atoms with Crippen LogP contribution in [0.5, 0.6) is 5.75 Å². The molecule has 0 spiro atoms. The first-order valence-electron chi connectivity index (χ1n) is 10.4. The number of carbonyl (C=O) groups excluding carboxylic acids is 1. The van der Waals surface area contributed by atoms with Crippen LogP contribution in [0, 0.1) is 4.77 Å². The molecule has 2 aromatic rings. The van der Waals surface area contributed by atoms with Gasteiger partial charge in [0, 0.05) is 37.7 Å². The van der Waals surface area contributed by atoms with E-state index in [0.717, 1.165) is 30.1 Å². The monoisotopic (exact) mass is 417 g/mol. The number of H-pyrrole nitrogens is 1. The zero-order valence-electron chi connectivity index (χ0n) is 17.3. The molecule has 0 saturated carbocycles. The maximum atomic E-state index is 12.3. The molecule has 1 unspecified atom stereocenters. The van der Waals surface area contributed by atoms with Crippen molar-refractivity contribution in [1.29, 1.82) is 0 Å². The first-order chi connectivity index (χ1) is 14.1. The zero-order valence-corrected chi connectivity index (χ0v) is 18.1. The number of amides is 1. The standard InChI is InChI=1S/C21H31N5O2S/c1-16-6-3-4-13-25(16)14-5-12-22-19(27)11-15-26-20(23-24-21(26)29)17-7-9-18(28-2)10-8-17/h7-10,16H,3-6,11-15H2,1-2H3,(H,22,27)(H,24,29). The molecule has 0 bridgehead atoms. The topological polar surface area (TPSA) is 75.2 Å². The smallest absolute Gasteiger partial charge is 0.221 e. The van der Waals surface area contributed by atoms with Gasteiger partial charge in [-0.1, -0.05) is 6.42 Å². The molecule has 1 fully saturated rings. The Morgan fingerprint density at radius 1 is 1.31 bits per heavy atom. The van der Waals surface area contributed by atoms with Crippen LogP contribution in [0.1, 0.15) is 39.0 Å². The van der Waals surface area contributed by atoms with E-state index >= 15 is 0 Å². The maximum Gasteiger partial charge on any atom is 0.221 e. The summed E-state index contributed by atoms with van der Waals surface area (Å²) in [5.41, 5.74) is 0.925. The Hall–Kier alpha value is -2.19. The number of likely N-dealkylation sites (tertiary alicyclic amines) is 1. The molecule has 2 N–H and O–H groups in total. The highest BCUT2D eigenvalue weighted by Crippen LogP contribution is 2.21. The van der Waals surface area contributed by atoms with E-state index < -0.39 is 0 Å². The van der Waals surface area contributed by atoms with Crippen molar-refractivity contribution in [2.24, 2.45) is 0 Å². The number of nitrogens with zero attached hydrogens (tertiary/aromatic N) is 3. The van der Waals surface area contributed by atoms with Crippen LogP contribution in [0.3, 0.4) is 0 Å². The van der Waals surface area contributed by atoms with Gasteiger partial charge in [-0.05, 0) is 69.2 Å². The minimum absolute atomic E-state index is 0.0421. The Morgan fingerprint density at radius 3 is 2.83 bits per heavy atom. The number of carbonyl (C=O) groups is 1. The van der Waals surface area contributed by atoms with Crippen molar-refractivity contribution in [3.8, 4) is 17.1 Å². The van der Waals surface area contributed by atoms with Gasteiger partial charge >= 0.3 is 0 Å². The Labute approximate surface area is 177 Å². The second kappa shape index (κ2) is 10.5. The molecule has 1 aliphatic heterocycles. The minimum Gasteiger partial charge on any atom is -0.497 e. The number of nitrogens with one attached hydrogen (secondary N) is 2. The van der Waals surface area contributed by atoms with Gasteiger partial charge in [0.15, 0.2) is 10.6 Å². The SMILES string of the molecule is COc1ccc(-c2n[nH]c(=S)n2CCC(=O)NCCCN2CCCCC2C)cc1. The number of benzene rings is 1. The van der Waals surface area contributed by atoms with Gasteiger partial charge in [0.25, 0.3) is 0 Å². The fraction of sp³-hybridized carbons (Fsp3) is 0.571. The van der Waals surface area contributed by atoms with Crippen molar-refractivity contribution < 1.29 is 9.53 Å². The third-order valence-corrected chi connectivity index (χ3v) is 5.87. The summed E-state index contributed by atoms with van der Waals surface area (Å²) in [7, 11) is 1.64. The Balaban J connectivity index is 1.46. The van der Waals surface area contributed by atoms with E-state index in [2.05, 4.69) is 27.3 Å². The summed E-state index contributed by atoms with van der Waals surface area (Å²) in [6.45, 7) is 5.74. The summed E-state index contributed by atoms with van der Waals surface area (Å²) >= 11 is 5.35. The van der Waals surface area contributed by atoms with Crippen LogP contribution in [-0.2, 0) is 11.3 Å². The van der Waals surface area contributed by atoms with Crippen molar-refractivity contribution in [2.45, 2.75) is 51.6 Å². The van der Waals surface area contributed by atoms with Crippen LogP contribution in [0.4, 0.5) is 0 Å². The molecule has 1 aromatic carbocycles. The van der Waals surface area contributed by atoms with Crippen molar-refractivity contribution in [1.82, 2.24) is 25.0 Å². The summed E-state index contributed by atoms with van der Waals surface area (Å²) < 4.78 is 7.58. The Bertz CT molecular complexity index is 846. The Morgan fingerprint density at radius 2 is 2.10 bits per heavy atom. The highest BCUT2D eigenvalue weighted by molar-refractivity contribution is 7.71. The summed E-state index contributed by atoms with van der Waals surface area (Å²) in [6.07, 6.45) is 5.27. The molecule has 29 heavy (non-hydrogen) atoms. The predicted octanol–water partition coefficient (Wildman–Crippen LogP) is 3.39. The van der Waals surface area contributed by atoms with Gasteiger partial charge in [-0.25, -0.2) is 0 Å². The van der Waals surface area contributed by atoms with Gasteiger partial charge in [0.2, 0.25) is 5.91 Å². The molecule has 0 radical (unpaired) electrons. The number of aromatic nitrogens is 3. The fourth-order valence-corrected chi connectivity index (χ4v) is 4.01. The van der Waals surface area contributed by atoms with Gasteiger partial charge < -0.3 is 15.0 Å². The molecule has 1 saturated heterocycles. The molecular weight excluding hydrogens is 386 g/mol. The zero-order chi connectivity index (χ0) is 20.6. The van der Waals surface area contributed by atoms with Gasteiger partial charge in [0.1, 0.15) is 5.75 Å². The molecular formula is C21H31N5O2S. The van der Waals surface area contributed by atoms with Gasteiger partial charge in [0.05, 0.1) is 7.11 Å². The number of rotatable bonds is 9. The van der Waals surface area contributed by atoms with Crippen LogP contribution >= 0.6 is 12.2 Å². The van der Waals surface area contributed by atoms with E-state index in [0.29, 0.717) is 30.3 Å². The normalized spacial score (nSPS) is 17.2. The fourth-order valence-electron chi connectivity index (χ4n) is 3.79. The number of hydrogen-bond donors (Lipinski definition) is 2. The lowest BCUT2D eigenvalue weighted by atomic mass is 10.0. The first kappa shape index (κ1) is 21.5. The molecule has 1 aromatic heterocycles. The number of aromatic amines is 1. The maximum absolute atomic E-state index is 12.3. The molecule has 1 aliphatic rings. The third-order valence-electron chi connectivity index (χ3n) is 5.55. The number of piperidine rings is 1. The van der Waals surface area contributed by atoms with Crippen molar-refractivity contribution in [2.75, 3.05) is 26.7 Å². The summed E-state index contributed by atoms with van der Waals surface area (Å²) in [5, 5.41) is 10.2. The quantitative estimate of drug-likeness (QED) is 0.483. The second-order valence-corrected chi connectivity index (χ2v) is 7.95. The number of ether oxygens (including phenoxy) is 1. The van der Waals surface area contributed by atoms with Crippen LogP contribution in [-0.4, -0.2) is 58.4 Å². The molecule has 8 heteroatoms. The molecule has 0 aliphatic carbocycles. The Kier molecular flexibility index (Phi) is 7.83. The molecule has 158 valence electrons. The summed E-state index contributed by atoms with van der Waals surface area (Å²) in [4.78, 5) is 14.8. The van der Waals surface area contributed by atoms with Crippen LogP contribution in [0.25, 0.3) is 11.4 Å². The lowest BCUT2D eigenvalue weighted by molar-refractivity contribution is -0.121. The predicted molar refractivity (Wildman–Crippen MR) is 117 cm³/mol. The van der Waals surface area contributed by atoms with E-state index in [1.165, 1.54) is 25.8 Å². The lowest BCUT2D eigenvalue weighted by Crippen LogP contribution is -2.39. The highest BCUT2D eigenvalue weighted by Gasteiger charge is 2.17. The molecule has 1 atom stereocenters. The first-order valence-corrected chi connectivity index (χ1v) is 10.8. The van der Waals surface area contributed by atoms with Crippen LogP contribution < -0.4 is 10.1 Å². The van der Waals surface area contributed by atoms with E-state index in [1.807, 2.05) is 28.8 Å². The van der Waals surface area contributed by atoms with Crippen LogP contribution in [0.2, 0.25) is 0 Å². The van der Waals surface area contributed by atoms with Crippen molar-refractivity contribution in [3.05, 3.63) is 29.0 Å². The lowest BCUT2D eigenvalue weighted by Gasteiger charge is -2.33. The summed E-state index contributed by atoms with van der Waals surface area (Å²) in [6, 6.07) is 8.30. The van der Waals surface area contributed by atoms with E-state index in [-0.39, 0.29) is 5.91 Å². The number of methoxy groups -OCH3 is 1. The average molecular weight is 418 g/mol. The average Bonchev–Trinajstić information content (AvgIpc) is 3.11. The molecule has 1 amide bonds. The summed E-state index contributed by atoms with van der Waals surface area (Å²) in [5.74, 6) is 1.55. The van der Waals surface area contributed by atoms with E-state index in [1.54, 1.807) is 7.11 Å². The minimum atomic E-state index is 0.0421. The third kappa shape index (κ3) is 5.90. The largest absolute Gasteiger partial charge is 0.497 e.